The average Bonchev–Trinajstić information content (AvgIpc) is 2.67. The van der Waals surface area contributed by atoms with Crippen LogP contribution in [0, 0.1) is 10.1 Å². The van der Waals surface area contributed by atoms with Crippen LogP contribution < -0.4 is 10.5 Å². The van der Waals surface area contributed by atoms with Crippen LogP contribution in [0.2, 0.25) is 0 Å². The van der Waals surface area contributed by atoms with Gasteiger partial charge in [-0.1, -0.05) is 0 Å². The van der Waals surface area contributed by atoms with Gasteiger partial charge in [-0.05, 0) is 35.2 Å². The van der Waals surface area contributed by atoms with E-state index in [4.69, 9.17) is 10.5 Å². The third kappa shape index (κ3) is 2.92. The van der Waals surface area contributed by atoms with Gasteiger partial charge in [-0.25, -0.2) is 4.98 Å². The van der Waals surface area contributed by atoms with Crippen LogP contribution in [0.15, 0.2) is 16.7 Å². The van der Waals surface area contributed by atoms with Crippen molar-refractivity contribution in [2.75, 3.05) is 0 Å². The predicted octanol–water partition coefficient (Wildman–Crippen LogP) is 2.01. The standard InChI is InChI=1S/C10H12BrN3O3/c11-9-4-7(14(15)16)5-13-10(9)17-8-2-1-6(12)3-8/h4-6,8H,1-3,12H2. The summed E-state index contributed by atoms with van der Waals surface area (Å²) < 4.78 is 6.14. The molecule has 0 amide bonds. The van der Waals surface area contributed by atoms with Crippen molar-refractivity contribution in [1.82, 2.24) is 4.98 Å². The van der Waals surface area contributed by atoms with Gasteiger partial charge in [-0.3, -0.25) is 10.1 Å². The first-order chi connectivity index (χ1) is 8.06. The lowest BCUT2D eigenvalue weighted by molar-refractivity contribution is -0.385. The molecule has 2 rings (SSSR count). The van der Waals surface area contributed by atoms with Crippen molar-refractivity contribution < 1.29 is 9.66 Å². The highest BCUT2D eigenvalue weighted by Gasteiger charge is 2.24. The first-order valence-corrected chi connectivity index (χ1v) is 6.07. The van der Waals surface area contributed by atoms with Crippen LogP contribution in [-0.4, -0.2) is 22.1 Å². The summed E-state index contributed by atoms with van der Waals surface area (Å²) in [5.41, 5.74) is 5.72. The van der Waals surface area contributed by atoms with E-state index in [1.807, 2.05) is 0 Å². The molecule has 7 heteroatoms. The topological polar surface area (TPSA) is 91.3 Å². The molecule has 6 nitrogen and oxygen atoms in total. The van der Waals surface area contributed by atoms with E-state index in [1.165, 1.54) is 12.3 Å². The zero-order chi connectivity index (χ0) is 12.4. The number of nitrogens with two attached hydrogens (primary N) is 1. The molecule has 2 unspecified atom stereocenters. The lowest BCUT2D eigenvalue weighted by Gasteiger charge is -2.13. The van der Waals surface area contributed by atoms with Gasteiger partial charge in [-0.2, -0.15) is 0 Å². The number of hydrogen-bond acceptors (Lipinski definition) is 5. The fraction of sp³-hybridized carbons (Fsp3) is 0.500. The van der Waals surface area contributed by atoms with Crippen LogP contribution in [-0.2, 0) is 0 Å². The summed E-state index contributed by atoms with van der Waals surface area (Å²) in [7, 11) is 0. The van der Waals surface area contributed by atoms with Gasteiger partial charge in [0, 0.05) is 12.1 Å². The van der Waals surface area contributed by atoms with Crippen molar-refractivity contribution >= 4 is 21.6 Å². The molecule has 0 aliphatic heterocycles. The number of pyridine rings is 1. The Labute approximate surface area is 106 Å². The smallest absolute Gasteiger partial charge is 0.288 e. The molecule has 1 fully saturated rings. The number of nitrogens with zero attached hydrogens (tertiary/aromatic N) is 2. The Morgan fingerprint density at radius 3 is 2.88 bits per heavy atom. The van der Waals surface area contributed by atoms with Crippen molar-refractivity contribution in [3.8, 4) is 5.88 Å². The Kier molecular flexibility index (Phi) is 3.58. The van der Waals surface area contributed by atoms with Crippen LogP contribution in [0.1, 0.15) is 19.3 Å². The second kappa shape index (κ2) is 4.97. The maximum atomic E-state index is 10.5. The molecule has 1 aromatic heterocycles. The molecular formula is C10H12BrN3O3. The number of nitro groups is 1. The molecule has 0 saturated heterocycles. The van der Waals surface area contributed by atoms with Crippen molar-refractivity contribution in [2.45, 2.75) is 31.4 Å². The molecule has 17 heavy (non-hydrogen) atoms. The second-order valence-corrected chi connectivity index (χ2v) is 4.90. The van der Waals surface area contributed by atoms with E-state index in [0.717, 1.165) is 19.3 Å². The van der Waals surface area contributed by atoms with Crippen LogP contribution in [0.5, 0.6) is 5.88 Å². The summed E-state index contributed by atoms with van der Waals surface area (Å²) in [5.74, 6) is 0.384. The Hall–Kier alpha value is -1.21. The number of aromatic nitrogens is 1. The first-order valence-electron chi connectivity index (χ1n) is 5.28. The first kappa shape index (κ1) is 12.3. The molecule has 1 aliphatic rings. The summed E-state index contributed by atoms with van der Waals surface area (Å²) in [4.78, 5) is 14.0. The highest BCUT2D eigenvalue weighted by molar-refractivity contribution is 9.10. The van der Waals surface area contributed by atoms with Crippen LogP contribution in [0.4, 0.5) is 5.69 Å². The normalized spacial score (nSPS) is 23.6. The zero-order valence-electron chi connectivity index (χ0n) is 9.01. The van der Waals surface area contributed by atoms with Crippen molar-refractivity contribution in [3.63, 3.8) is 0 Å². The van der Waals surface area contributed by atoms with E-state index in [-0.39, 0.29) is 17.8 Å². The number of rotatable bonds is 3. The quantitative estimate of drug-likeness (QED) is 0.681. The van der Waals surface area contributed by atoms with Gasteiger partial charge < -0.3 is 10.5 Å². The summed E-state index contributed by atoms with van der Waals surface area (Å²) in [6.07, 6.45) is 3.87. The Bertz CT molecular complexity index is 441. The minimum absolute atomic E-state index is 0.0512. The van der Waals surface area contributed by atoms with Crippen molar-refractivity contribution in [1.29, 1.82) is 0 Å². The van der Waals surface area contributed by atoms with E-state index in [2.05, 4.69) is 20.9 Å². The van der Waals surface area contributed by atoms with E-state index < -0.39 is 4.92 Å². The fourth-order valence-electron chi connectivity index (χ4n) is 1.84. The molecule has 1 aromatic rings. The average molecular weight is 302 g/mol. The molecular weight excluding hydrogens is 290 g/mol. The third-order valence-corrected chi connectivity index (χ3v) is 3.28. The van der Waals surface area contributed by atoms with Gasteiger partial charge in [0.2, 0.25) is 5.88 Å². The number of ether oxygens (including phenoxy) is 1. The largest absolute Gasteiger partial charge is 0.473 e. The van der Waals surface area contributed by atoms with E-state index in [1.54, 1.807) is 0 Å². The Morgan fingerprint density at radius 2 is 2.35 bits per heavy atom. The summed E-state index contributed by atoms with van der Waals surface area (Å²) in [6, 6.07) is 1.56. The molecule has 0 radical (unpaired) electrons. The molecule has 2 atom stereocenters. The monoisotopic (exact) mass is 301 g/mol. The highest BCUT2D eigenvalue weighted by Crippen LogP contribution is 2.30. The van der Waals surface area contributed by atoms with Gasteiger partial charge in [0.1, 0.15) is 12.3 Å². The minimum Gasteiger partial charge on any atom is -0.473 e. The van der Waals surface area contributed by atoms with Gasteiger partial charge in [-0.15, -0.1) is 0 Å². The van der Waals surface area contributed by atoms with Crippen LogP contribution >= 0.6 is 15.9 Å². The van der Waals surface area contributed by atoms with Gasteiger partial charge in [0.15, 0.2) is 0 Å². The summed E-state index contributed by atoms with van der Waals surface area (Å²) in [6.45, 7) is 0. The number of halogens is 1. The van der Waals surface area contributed by atoms with E-state index >= 15 is 0 Å². The molecule has 0 aromatic carbocycles. The molecule has 0 spiro atoms. The fourth-order valence-corrected chi connectivity index (χ4v) is 2.27. The maximum absolute atomic E-state index is 10.5. The van der Waals surface area contributed by atoms with Crippen LogP contribution in [0.3, 0.4) is 0 Å². The van der Waals surface area contributed by atoms with Crippen LogP contribution in [0.25, 0.3) is 0 Å². The lowest BCUT2D eigenvalue weighted by atomic mass is 10.3. The van der Waals surface area contributed by atoms with Crippen molar-refractivity contribution in [2.24, 2.45) is 5.73 Å². The summed E-state index contributed by atoms with van der Waals surface area (Å²) in [5, 5.41) is 10.5. The van der Waals surface area contributed by atoms with Gasteiger partial charge in [0.25, 0.3) is 5.69 Å². The van der Waals surface area contributed by atoms with E-state index in [9.17, 15) is 10.1 Å². The van der Waals surface area contributed by atoms with Crippen molar-refractivity contribution in [3.05, 3.63) is 26.9 Å². The third-order valence-electron chi connectivity index (χ3n) is 2.71. The molecule has 0 bridgehead atoms. The van der Waals surface area contributed by atoms with Gasteiger partial charge >= 0.3 is 0 Å². The molecule has 1 saturated carbocycles. The van der Waals surface area contributed by atoms with E-state index in [0.29, 0.717) is 10.4 Å². The zero-order valence-corrected chi connectivity index (χ0v) is 10.6. The minimum atomic E-state index is -0.493. The molecule has 92 valence electrons. The highest BCUT2D eigenvalue weighted by atomic mass is 79.9. The number of hydrogen-bond donors (Lipinski definition) is 1. The molecule has 2 N–H and O–H groups in total. The summed E-state index contributed by atoms with van der Waals surface area (Å²) >= 11 is 3.21. The molecule has 1 aliphatic carbocycles. The SMILES string of the molecule is NC1CCC(Oc2ncc([N+](=O)[O-])cc2Br)C1. The maximum Gasteiger partial charge on any atom is 0.288 e. The predicted molar refractivity (Wildman–Crippen MR) is 64.8 cm³/mol. The Morgan fingerprint density at radius 1 is 1.59 bits per heavy atom. The Balaban J connectivity index is 2.09. The second-order valence-electron chi connectivity index (χ2n) is 4.05. The molecule has 1 heterocycles. The van der Waals surface area contributed by atoms with Gasteiger partial charge in [0.05, 0.1) is 9.40 Å². The lowest BCUT2D eigenvalue weighted by Crippen LogP contribution is -2.19.